The summed E-state index contributed by atoms with van der Waals surface area (Å²) >= 11 is 1.83. The number of piperidine rings is 1. The van der Waals surface area contributed by atoms with Gasteiger partial charge in [0.05, 0.1) is 0 Å². The molecule has 2 saturated heterocycles. The molecule has 5 nitrogen and oxygen atoms in total. The molecule has 0 spiro atoms. The van der Waals surface area contributed by atoms with Crippen LogP contribution < -0.4 is 10.3 Å². The van der Waals surface area contributed by atoms with Crippen molar-refractivity contribution >= 4 is 33.0 Å². The van der Waals surface area contributed by atoms with Crippen LogP contribution in [0.4, 0.5) is 5.69 Å². The first-order valence-electron chi connectivity index (χ1n) is 11.8. The van der Waals surface area contributed by atoms with E-state index in [1.54, 1.807) is 0 Å². The van der Waals surface area contributed by atoms with E-state index >= 15 is 0 Å². The molecule has 2 fully saturated rings. The SMILES string of the molecule is O=C(NN1CCC(CCN2CCN(c3cccc4sccc34)CC2)CC1)c1ccccc1. The summed E-state index contributed by atoms with van der Waals surface area (Å²) in [5.41, 5.74) is 5.19. The van der Waals surface area contributed by atoms with Crippen LogP contribution in [0.3, 0.4) is 0 Å². The van der Waals surface area contributed by atoms with E-state index in [1.807, 2.05) is 41.7 Å². The summed E-state index contributed by atoms with van der Waals surface area (Å²) in [4.78, 5) is 17.5. The largest absolute Gasteiger partial charge is 0.368 e. The normalized spacial score (nSPS) is 18.8. The summed E-state index contributed by atoms with van der Waals surface area (Å²) in [5.74, 6) is 0.762. The molecule has 5 rings (SSSR count). The highest BCUT2D eigenvalue weighted by molar-refractivity contribution is 7.17. The minimum absolute atomic E-state index is 0.0000596. The smallest absolute Gasteiger partial charge is 0.265 e. The van der Waals surface area contributed by atoms with Gasteiger partial charge in [-0.25, -0.2) is 5.01 Å². The van der Waals surface area contributed by atoms with Gasteiger partial charge in [-0.3, -0.25) is 15.1 Å². The molecule has 168 valence electrons. The van der Waals surface area contributed by atoms with Gasteiger partial charge in [0.25, 0.3) is 5.91 Å². The van der Waals surface area contributed by atoms with Crippen LogP contribution >= 0.6 is 11.3 Å². The second-order valence-electron chi connectivity index (χ2n) is 8.96. The van der Waals surface area contributed by atoms with E-state index < -0.39 is 0 Å². The number of anilines is 1. The molecule has 2 aliphatic heterocycles. The van der Waals surface area contributed by atoms with Crippen LogP contribution in [-0.2, 0) is 0 Å². The van der Waals surface area contributed by atoms with Crippen LogP contribution in [0.2, 0.25) is 0 Å². The predicted molar refractivity (Wildman–Crippen MR) is 133 cm³/mol. The van der Waals surface area contributed by atoms with Crippen LogP contribution in [0, 0.1) is 5.92 Å². The molecule has 1 N–H and O–H groups in total. The molecule has 0 bridgehead atoms. The maximum Gasteiger partial charge on any atom is 0.265 e. The van der Waals surface area contributed by atoms with Gasteiger partial charge in [-0.15, -0.1) is 11.3 Å². The molecular formula is C26H32N4OS. The van der Waals surface area contributed by atoms with Crippen molar-refractivity contribution in [1.82, 2.24) is 15.3 Å². The molecule has 2 aliphatic rings. The summed E-state index contributed by atoms with van der Waals surface area (Å²) in [5, 5.41) is 5.69. The van der Waals surface area contributed by atoms with Crippen LogP contribution in [0.15, 0.2) is 60.0 Å². The Balaban J connectivity index is 1.03. The van der Waals surface area contributed by atoms with Crippen LogP contribution in [0.1, 0.15) is 29.6 Å². The van der Waals surface area contributed by atoms with E-state index in [9.17, 15) is 4.79 Å². The Kier molecular flexibility index (Phi) is 6.72. The second kappa shape index (κ2) is 10.0. The van der Waals surface area contributed by atoms with Crippen molar-refractivity contribution in [1.29, 1.82) is 0 Å². The number of carbonyl (C=O) groups excluding carboxylic acids is 1. The number of fused-ring (bicyclic) bond motifs is 1. The van der Waals surface area contributed by atoms with Gasteiger partial charge < -0.3 is 4.90 Å². The fourth-order valence-electron chi connectivity index (χ4n) is 4.96. The van der Waals surface area contributed by atoms with E-state index in [0.29, 0.717) is 0 Å². The van der Waals surface area contributed by atoms with Crippen molar-refractivity contribution in [3.8, 4) is 0 Å². The molecule has 32 heavy (non-hydrogen) atoms. The van der Waals surface area contributed by atoms with Gasteiger partial charge >= 0.3 is 0 Å². The lowest BCUT2D eigenvalue weighted by Gasteiger charge is -2.38. The Morgan fingerprint density at radius 3 is 2.47 bits per heavy atom. The van der Waals surface area contributed by atoms with Crippen molar-refractivity contribution in [2.75, 3.05) is 50.7 Å². The van der Waals surface area contributed by atoms with E-state index in [1.165, 1.54) is 28.7 Å². The van der Waals surface area contributed by atoms with Crippen LogP contribution in [-0.4, -0.2) is 61.6 Å². The van der Waals surface area contributed by atoms with E-state index in [-0.39, 0.29) is 5.91 Å². The Hall–Kier alpha value is -2.41. The fraction of sp³-hybridized carbons (Fsp3) is 0.423. The minimum Gasteiger partial charge on any atom is -0.368 e. The lowest BCUT2D eigenvalue weighted by molar-refractivity contribution is 0.0687. The Bertz CT molecular complexity index is 1020. The molecule has 6 heteroatoms. The number of thiophene rings is 1. The van der Waals surface area contributed by atoms with Crippen molar-refractivity contribution in [3.63, 3.8) is 0 Å². The third-order valence-corrected chi connectivity index (χ3v) is 7.83. The molecule has 0 saturated carbocycles. The zero-order valence-electron chi connectivity index (χ0n) is 18.6. The first-order chi connectivity index (χ1) is 15.8. The Labute approximate surface area is 194 Å². The Morgan fingerprint density at radius 2 is 1.69 bits per heavy atom. The van der Waals surface area contributed by atoms with Gasteiger partial charge in [0.2, 0.25) is 0 Å². The van der Waals surface area contributed by atoms with Crippen molar-refractivity contribution in [3.05, 3.63) is 65.5 Å². The molecule has 0 unspecified atom stereocenters. The summed E-state index contributed by atoms with van der Waals surface area (Å²) in [7, 11) is 0. The number of hydrazine groups is 1. The maximum absolute atomic E-state index is 12.3. The molecule has 0 aliphatic carbocycles. The third kappa shape index (κ3) is 4.98. The molecule has 2 aromatic carbocycles. The van der Waals surface area contributed by atoms with Gasteiger partial charge in [-0.1, -0.05) is 24.3 Å². The van der Waals surface area contributed by atoms with Gasteiger partial charge in [-0.2, -0.15) is 0 Å². The number of rotatable bonds is 6. The number of piperazine rings is 1. The number of benzene rings is 2. The van der Waals surface area contributed by atoms with Gasteiger partial charge in [0.1, 0.15) is 0 Å². The molecular weight excluding hydrogens is 416 g/mol. The van der Waals surface area contributed by atoms with E-state index in [2.05, 4.69) is 49.9 Å². The highest BCUT2D eigenvalue weighted by Gasteiger charge is 2.23. The van der Waals surface area contributed by atoms with Gasteiger partial charge in [0, 0.05) is 60.6 Å². The quantitative estimate of drug-likeness (QED) is 0.604. The first-order valence-corrected chi connectivity index (χ1v) is 12.7. The van der Waals surface area contributed by atoms with Crippen molar-refractivity contribution < 1.29 is 4.79 Å². The van der Waals surface area contributed by atoms with Crippen LogP contribution in [0.5, 0.6) is 0 Å². The molecule has 0 radical (unpaired) electrons. The first kappa shape index (κ1) is 21.4. The second-order valence-corrected chi connectivity index (χ2v) is 9.91. The van der Waals surface area contributed by atoms with E-state index in [4.69, 9.17) is 0 Å². The highest BCUT2D eigenvalue weighted by Crippen LogP contribution is 2.31. The minimum atomic E-state index is 0.0000596. The number of amides is 1. The van der Waals surface area contributed by atoms with Gasteiger partial charge in [-0.05, 0) is 67.4 Å². The molecule has 0 atom stereocenters. The number of nitrogens with one attached hydrogen (secondary N) is 1. The zero-order chi connectivity index (χ0) is 21.8. The monoisotopic (exact) mass is 448 g/mol. The lowest BCUT2D eigenvalue weighted by Crippen LogP contribution is -2.48. The number of hydrogen-bond acceptors (Lipinski definition) is 5. The van der Waals surface area contributed by atoms with Gasteiger partial charge in [0.15, 0.2) is 0 Å². The number of nitrogens with zero attached hydrogens (tertiary/aromatic N) is 3. The summed E-state index contributed by atoms with van der Waals surface area (Å²) < 4.78 is 1.39. The molecule has 1 amide bonds. The van der Waals surface area contributed by atoms with Crippen LogP contribution in [0.25, 0.3) is 10.1 Å². The molecule has 3 heterocycles. The van der Waals surface area contributed by atoms with Crippen molar-refractivity contribution in [2.45, 2.75) is 19.3 Å². The molecule has 3 aromatic rings. The number of carbonyl (C=O) groups is 1. The highest BCUT2D eigenvalue weighted by atomic mass is 32.1. The summed E-state index contributed by atoms with van der Waals surface area (Å²) in [6.45, 7) is 7.59. The van der Waals surface area contributed by atoms with E-state index in [0.717, 1.165) is 63.6 Å². The Morgan fingerprint density at radius 1 is 0.906 bits per heavy atom. The molecule has 1 aromatic heterocycles. The maximum atomic E-state index is 12.3. The standard InChI is InChI=1S/C26H32N4OS/c31-26(22-5-2-1-3-6-22)27-30-14-10-21(11-15-30)9-13-28-16-18-29(19-17-28)24-7-4-8-25-23(24)12-20-32-25/h1-8,12,20-21H,9-11,13-19H2,(H,27,31). The number of hydrogen-bond donors (Lipinski definition) is 1. The average molecular weight is 449 g/mol. The fourth-order valence-corrected chi connectivity index (χ4v) is 5.77. The third-order valence-electron chi connectivity index (χ3n) is 6.95. The predicted octanol–water partition coefficient (Wildman–Crippen LogP) is 4.47. The average Bonchev–Trinajstić information content (AvgIpc) is 3.34. The van der Waals surface area contributed by atoms with Crippen molar-refractivity contribution in [2.24, 2.45) is 5.92 Å². The lowest BCUT2D eigenvalue weighted by atomic mass is 9.94. The zero-order valence-corrected chi connectivity index (χ0v) is 19.4. The summed E-state index contributed by atoms with van der Waals surface area (Å²) in [6.07, 6.45) is 3.59. The summed E-state index contributed by atoms with van der Waals surface area (Å²) in [6, 6.07) is 18.4. The topological polar surface area (TPSA) is 38.8 Å².